The zero-order valence-electron chi connectivity index (χ0n) is 13.9. The highest BCUT2D eigenvalue weighted by Gasteiger charge is 2.25. The number of hydrogen-bond acceptors (Lipinski definition) is 3. The summed E-state index contributed by atoms with van der Waals surface area (Å²) in [6.45, 7) is 3.96. The van der Waals surface area contributed by atoms with Crippen molar-refractivity contribution in [3.8, 4) is 11.1 Å². The molecule has 0 aliphatic carbocycles. The minimum absolute atomic E-state index is 0.336. The molecule has 2 aromatic carbocycles. The van der Waals surface area contributed by atoms with Crippen LogP contribution in [-0.2, 0) is 11.2 Å². The molecule has 1 heterocycles. The smallest absolute Gasteiger partial charge is 0.342 e. The van der Waals surface area contributed by atoms with Gasteiger partial charge in [0.2, 0.25) is 0 Å². The fourth-order valence-electron chi connectivity index (χ4n) is 2.87. The van der Waals surface area contributed by atoms with Crippen molar-refractivity contribution in [3.05, 3.63) is 83.3 Å². The second-order valence-corrected chi connectivity index (χ2v) is 5.58. The molecule has 3 rings (SSSR count). The third-order valence-corrected chi connectivity index (χ3v) is 3.91. The highest BCUT2D eigenvalue weighted by molar-refractivity contribution is 5.99. The monoisotopic (exact) mass is 320 g/mol. The Morgan fingerprint density at radius 3 is 2.25 bits per heavy atom. The Hall–Kier alpha value is -2.81. The van der Waals surface area contributed by atoms with Gasteiger partial charge in [-0.15, -0.1) is 0 Å². The Morgan fingerprint density at radius 1 is 1.00 bits per heavy atom. The van der Waals surface area contributed by atoms with Crippen molar-refractivity contribution in [1.82, 2.24) is 0 Å². The summed E-state index contributed by atoms with van der Waals surface area (Å²) in [5.74, 6) is 1.04. The number of carbonyl (C=O) groups is 1. The normalized spacial score (nSPS) is 10.6. The van der Waals surface area contributed by atoms with E-state index in [1.165, 1.54) is 0 Å². The molecule has 24 heavy (non-hydrogen) atoms. The molecule has 0 bridgehead atoms. The van der Waals surface area contributed by atoms with E-state index in [1.807, 2.05) is 55.5 Å². The maximum Gasteiger partial charge on any atom is 0.342 e. The second-order valence-electron chi connectivity index (χ2n) is 5.58. The molecule has 0 radical (unpaired) electrons. The van der Waals surface area contributed by atoms with Crippen molar-refractivity contribution >= 4 is 5.97 Å². The Balaban J connectivity index is 2.12. The lowest BCUT2D eigenvalue weighted by atomic mass is 9.97. The molecule has 0 amide bonds. The van der Waals surface area contributed by atoms with Gasteiger partial charge >= 0.3 is 5.97 Å². The predicted octanol–water partition coefficient (Wildman–Crippen LogP) is 5.02. The minimum Gasteiger partial charge on any atom is -0.464 e. The summed E-state index contributed by atoms with van der Waals surface area (Å²) < 4.78 is 11.2. The number of aryl methyl sites for hydroxylation is 1. The number of furan rings is 1. The third-order valence-electron chi connectivity index (χ3n) is 3.91. The van der Waals surface area contributed by atoms with E-state index in [0.29, 0.717) is 24.4 Å². The van der Waals surface area contributed by atoms with E-state index in [9.17, 15) is 4.79 Å². The molecule has 3 aromatic rings. The first-order chi connectivity index (χ1) is 11.7. The molecule has 0 saturated heterocycles. The van der Waals surface area contributed by atoms with Crippen LogP contribution < -0.4 is 0 Å². The Morgan fingerprint density at radius 2 is 1.62 bits per heavy atom. The molecule has 0 aliphatic rings. The molecule has 3 heteroatoms. The number of carbonyl (C=O) groups excluding carboxylic acids is 1. The largest absolute Gasteiger partial charge is 0.464 e. The number of ether oxygens (including phenoxy) is 1. The number of esters is 1. The fourth-order valence-corrected chi connectivity index (χ4v) is 2.87. The molecule has 122 valence electrons. The lowest BCUT2D eigenvalue weighted by Gasteiger charge is -2.07. The molecule has 1 aromatic heterocycles. The van der Waals surface area contributed by atoms with Crippen LogP contribution in [0.1, 0.15) is 34.4 Å². The van der Waals surface area contributed by atoms with Crippen LogP contribution in [0.15, 0.2) is 65.1 Å². The summed E-state index contributed by atoms with van der Waals surface area (Å²) in [7, 11) is 0. The molecular formula is C21H20O3. The van der Waals surface area contributed by atoms with Crippen LogP contribution in [0.4, 0.5) is 0 Å². The van der Waals surface area contributed by atoms with Crippen LogP contribution in [0, 0.1) is 6.92 Å². The van der Waals surface area contributed by atoms with Crippen molar-refractivity contribution in [2.75, 3.05) is 6.61 Å². The summed E-state index contributed by atoms with van der Waals surface area (Å²) in [5.41, 5.74) is 3.45. The van der Waals surface area contributed by atoms with Crippen LogP contribution >= 0.6 is 0 Å². The van der Waals surface area contributed by atoms with Crippen molar-refractivity contribution < 1.29 is 13.9 Å². The molecule has 3 nitrogen and oxygen atoms in total. The van der Waals surface area contributed by atoms with Crippen molar-refractivity contribution in [2.24, 2.45) is 0 Å². The van der Waals surface area contributed by atoms with Gasteiger partial charge in [-0.25, -0.2) is 4.79 Å². The quantitative estimate of drug-likeness (QED) is 0.619. The molecule has 0 saturated carbocycles. The number of hydrogen-bond donors (Lipinski definition) is 0. The third kappa shape index (κ3) is 3.25. The summed E-state index contributed by atoms with van der Waals surface area (Å²) in [6, 6.07) is 19.9. The van der Waals surface area contributed by atoms with Gasteiger partial charge in [-0.3, -0.25) is 0 Å². The van der Waals surface area contributed by atoms with Gasteiger partial charge in [0.25, 0.3) is 0 Å². The average molecular weight is 320 g/mol. The van der Waals surface area contributed by atoms with Gasteiger partial charge < -0.3 is 9.15 Å². The fraction of sp³-hybridized carbons (Fsp3) is 0.190. The van der Waals surface area contributed by atoms with E-state index in [0.717, 1.165) is 22.5 Å². The minimum atomic E-state index is -0.336. The van der Waals surface area contributed by atoms with E-state index in [1.54, 1.807) is 6.92 Å². The molecule has 0 unspecified atom stereocenters. The van der Waals surface area contributed by atoms with Crippen LogP contribution in [0.25, 0.3) is 11.1 Å². The molecule has 0 atom stereocenters. The first-order valence-electron chi connectivity index (χ1n) is 8.09. The van der Waals surface area contributed by atoms with Crippen LogP contribution in [0.3, 0.4) is 0 Å². The molecule has 0 fully saturated rings. The highest BCUT2D eigenvalue weighted by Crippen LogP contribution is 2.34. The van der Waals surface area contributed by atoms with Gasteiger partial charge in [0, 0.05) is 12.0 Å². The maximum atomic E-state index is 12.4. The van der Waals surface area contributed by atoms with Crippen LogP contribution in [-0.4, -0.2) is 12.6 Å². The van der Waals surface area contributed by atoms with Gasteiger partial charge in [-0.2, -0.15) is 0 Å². The Kier molecular flexibility index (Phi) is 4.80. The Bertz CT molecular complexity index is 817. The van der Waals surface area contributed by atoms with Gasteiger partial charge in [0.05, 0.1) is 6.61 Å². The highest BCUT2D eigenvalue weighted by atomic mass is 16.5. The van der Waals surface area contributed by atoms with E-state index in [2.05, 4.69) is 12.1 Å². The van der Waals surface area contributed by atoms with E-state index < -0.39 is 0 Å². The number of benzene rings is 2. The van der Waals surface area contributed by atoms with Gasteiger partial charge in [-0.1, -0.05) is 60.7 Å². The molecular weight excluding hydrogens is 300 g/mol. The SMILES string of the molecule is CCOC(=O)c1c(C)oc(Cc2ccccc2)c1-c1ccccc1. The molecule has 0 aliphatic heterocycles. The first kappa shape index (κ1) is 16.1. The van der Waals surface area contributed by atoms with Gasteiger partial charge in [0.15, 0.2) is 0 Å². The molecule has 0 N–H and O–H groups in total. The lowest BCUT2D eigenvalue weighted by Crippen LogP contribution is -2.06. The van der Waals surface area contributed by atoms with E-state index in [4.69, 9.17) is 9.15 Å². The first-order valence-corrected chi connectivity index (χ1v) is 8.09. The summed E-state index contributed by atoms with van der Waals surface area (Å²) >= 11 is 0. The van der Waals surface area contributed by atoms with Crippen LogP contribution in [0.2, 0.25) is 0 Å². The summed E-state index contributed by atoms with van der Waals surface area (Å²) in [5, 5.41) is 0. The lowest BCUT2D eigenvalue weighted by molar-refractivity contribution is 0.0525. The zero-order valence-corrected chi connectivity index (χ0v) is 13.9. The topological polar surface area (TPSA) is 39.4 Å². The summed E-state index contributed by atoms with van der Waals surface area (Å²) in [4.78, 5) is 12.4. The molecule has 0 spiro atoms. The maximum absolute atomic E-state index is 12.4. The summed E-state index contributed by atoms with van der Waals surface area (Å²) in [6.07, 6.45) is 0.630. The Labute approximate surface area is 141 Å². The van der Waals surface area contributed by atoms with E-state index in [-0.39, 0.29) is 5.97 Å². The standard InChI is InChI=1S/C21H20O3/c1-3-23-21(22)19-15(2)24-18(14-16-10-6-4-7-11-16)20(19)17-12-8-5-9-13-17/h4-13H,3,14H2,1-2H3. The number of rotatable bonds is 5. The van der Waals surface area contributed by atoms with Crippen molar-refractivity contribution in [2.45, 2.75) is 20.3 Å². The second kappa shape index (κ2) is 7.18. The zero-order chi connectivity index (χ0) is 16.9. The van der Waals surface area contributed by atoms with Gasteiger partial charge in [0.1, 0.15) is 17.1 Å². The van der Waals surface area contributed by atoms with Crippen molar-refractivity contribution in [1.29, 1.82) is 0 Å². The van der Waals surface area contributed by atoms with Crippen molar-refractivity contribution in [3.63, 3.8) is 0 Å². The predicted molar refractivity (Wildman–Crippen MR) is 94.1 cm³/mol. The van der Waals surface area contributed by atoms with Gasteiger partial charge in [-0.05, 0) is 25.0 Å². The van der Waals surface area contributed by atoms with E-state index >= 15 is 0 Å². The van der Waals surface area contributed by atoms with Crippen LogP contribution in [0.5, 0.6) is 0 Å². The average Bonchev–Trinajstić information content (AvgIpc) is 2.93.